The summed E-state index contributed by atoms with van der Waals surface area (Å²) in [7, 11) is 0. The summed E-state index contributed by atoms with van der Waals surface area (Å²) in [5, 5.41) is 0. The standard InChI is InChI=1S/C27H34N2O6/c1-17-23(30)12-24(34-16-21-15-32-9-10-33-21)29-8-7-19-11-18(5-6-22(19)25(17)29)20-13-28(14-20)26(31)35-27(2,3)4/h5-6,11-12,20-21H,7-10,13-16H2,1-4H3/t21-/m0/s1. The smallest absolute Gasteiger partial charge is 0.410 e. The maximum Gasteiger partial charge on any atom is 0.410 e. The van der Waals surface area contributed by atoms with E-state index in [4.69, 9.17) is 18.9 Å². The van der Waals surface area contributed by atoms with Crippen molar-refractivity contribution in [3.05, 3.63) is 51.2 Å². The molecule has 0 aliphatic carbocycles. The molecule has 4 heterocycles. The van der Waals surface area contributed by atoms with Gasteiger partial charge in [0.15, 0.2) is 11.3 Å². The number of fused-ring (bicyclic) bond motifs is 3. The molecule has 2 saturated heterocycles. The van der Waals surface area contributed by atoms with Crippen LogP contribution in [-0.2, 0) is 27.2 Å². The first-order valence-electron chi connectivity index (χ1n) is 12.4. The molecular formula is C27H34N2O6. The van der Waals surface area contributed by atoms with Crippen molar-refractivity contribution < 1.29 is 23.7 Å². The van der Waals surface area contributed by atoms with Crippen LogP contribution in [0, 0.1) is 6.92 Å². The lowest BCUT2D eigenvalue weighted by molar-refractivity contribution is -0.102. The molecule has 8 heteroatoms. The third-order valence-corrected chi connectivity index (χ3v) is 6.81. The van der Waals surface area contributed by atoms with E-state index in [1.165, 1.54) is 11.1 Å². The number of rotatable bonds is 4. The first-order valence-corrected chi connectivity index (χ1v) is 12.4. The Kier molecular flexibility index (Phi) is 6.36. The van der Waals surface area contributed by atoms with Gasteiger partial charge in [0.2, 0.25) is 0 Å². The molecule has 3 aliphatic heterocycles. The molecule has 0 saturated carbocycles. The van der Waals surface area contributed by atoms with E-state index < -0.39 is 5.60 Å². The predicted molar refractivity (Wildman–Crippen MR) is 131 cm³/mol. The molecule has 0 spiro atoms. The largest absolute Gasteiger partial charge is 0.476 e. The lowest BCUT2D eigenvalue weighted by atomic mass is 9.86. The van der Waals surface area contributed by atoms with Crippen LogP contribution in [0.3, 0.4) is 0 Å². The van der Waals surface area contributed by atoms with Crippen molar-refractivity contribution >= 4 is 6.09 Å². The van der Waals surface area contributed by atoms with Gasteiger partial charge in [-0.05, 0) is 45.2 Å². The minimum absolute atomic E-state index is 0.0315. The first-order chi connectivity index (χ1) is 16.7. The zero-order valence-electron chi connectivity index (χ0n) is 21.0. The topological polar surface area (TPSA) is 79.2 Å². The zero-order chi connectivity index (χ0) is 24.7. The van der Waals surface area contributed by atoms with Crippen LogP contribution in [-0.4, -0.2) is 66.8 Å². The second-order valence-corrected chi connectivity index (χ2v) is 10.6. The van der Waals surface area contributed by atoms with Gasteiger partial charge < -0.3 is 28.4 Å². The lowest BCUT2D eigenvalue weighted by Crippen LogP contribution is -2.50. The summed E-state index contributed by atoms with van der Waals surface area (Å²) in [5.74, 6) is 0.872. The minimum atomic E-state index is -0.489. The van der Waals surface area contributed by atoms with Gasteiger partial charge in [0.25, 0.3) is 0 Å². The second kappa shape index (κ2) is 9.32. The van der Waals surface area contributed by atoms with Crippen molar-refractivity contribution in [2.75, 3.05) is 39.5 Å². The Morgan fingerprint density at radius 1 is 1.17 bits per heavy atom. The van der Waals surface area contributed by atoms with E-state index in [-0.39, 0.29) is 17.6 Å². The molecule has 35 heavy (non-hydrogen) atoms. The van der Waals surface area contributed by atoms with Gasteiger partial charge in [-0.1, -0.05) is 18.2 Å². The Bertz CT molecular complexity index is 1170. The Morgan fingerprint density at radius 3 is 2.69 bits per heavy atom. The molecule has 5 rings (SSSR count). The van der Waals surface area contributed by atoms with Crippen molar-refractivity contribution in [3.63, 3.8) is 0 Å². The van der Waals surface area contributed by atoms with Crippen LogP contribution >= 0.6 is 0 Å². The Morgan fingerprint density at radius 2 is 1.97 bits per heavy atom. The maximum absolute atomic E-state index is 12.8. The molecule has 8 nitrogen and oxygen atoms in total. The van der Waals surface area contributed by atoms with Crippen LogP contribution in [0.4, 0.5) is 4.79 Å². The van der Waals surface area contributed by atoms with Crippen molar-refractivity contribution in [2.45, 2.75) is 58.3 Å². The van der Waals surface area contributed by atoms with Crippen molar-refractivity contribution in [1.82, 2.24) is 9.47 Å². The molecule has 2 aromatic rings. The fourth-order valence-electron chi connectivity index (χ4n) is 4.93. The van der Waals surface area contributed by atoms with Gasteiger partial charge in [-0.2, -0.15) is 0 Å². The zero-order valence-corrected chi connectivity index (χ0v) is 21.0. The molecule has 188 valence electrons. The highest BCUT2D eigenvalue weighted by Gasteiger charge is 2.35. The highest BCUT2D eigenvalue weighted by molar-refractivity contribution is 5.71. The molecule has 1 aromatic heterocycles. The molecule has 0 radical (unpaired) electrons. The number of likely N-dealkylation sites (tertiary alicyclic amines) is 1. The maximum atomic E-state index is 12.8. The first kappa shape index (κ1) is 23.9. The van der Waals surface area contributed by atoms with Gasteiger partial charge in [-0.3, -0.25) is 4.79 Å². The number of ether oxygens (including phenoxy) is 4. The van der Waals surface area contributed by atoms with Crippen molar-refractivity contribution in [2.24, 2.45) is 0 Å². The van der Waals surface area contributed by atoms with Gasteiger partial charge in [0.1, 0.15) is 18.3 Å². The average Bonchev–Trinajstić information content (AvgIpc) is 2.78. The molecule has 2 fully saturated rings. The summed E-state index contributed by atoms with van der Waals surface area (Å²) in [6.45, 7) is 11.6. The van der Waals surface area contributed by atoms with Crippen LogP contribution < -0.4 is 10.2 Å². The Hall–Kier alpha value is -2.84. The second-order valence-electron chi connectivity index (χ2n) is 10.6. The van der Waals surface area contributed by atoms with Crippen LogP contribution in [0.15, 0.2) is 29.1 Å². The monoisotopic (exact) mass is 482 g/mol. The van der Waals surface area contributed by atoms with Crippen LogP contribution in [0.5, 0.6) is 5.88 Å². The van der Waals surface area contributed by atoms with Crippen LogP contribution in [0.25, 0.3) is 11.3 Å². The average molecular weight is 483 g/mol. The number of aryl methyl sites for hydroxylation is 1. The van der Waals surface area contributed by atoms with Crippen LogP contribution in [0.1, 0.15) is 43.4 Å². The number of carbonyl (C=O) groups excluding carboxylic acids is 1. The molecule has 1 atom stereocenters. The van der Waals surface area contributed by atoms with E-state index in [2.05, 4.69) is 22.8 Å². The summed E-state index contributed by atoms with van der Waals surface area (Å²) in [6.07, 6.45) is 0.464. The molecule has 3 aliphatic rings. The number of pyridine rings is 1. The molecular weight excluding hydrogens is 448 g/mol. The van der Waals surface area contributed by atoms with Crippen molar-refractivity contribution in [3.8, 4) is 17.1 Å². The number of amides is 1. The van der Waals surface area contributed by atoms with Gasteiger partial charge in [-0.25, -0.2) is 4.79 Å². The van der Waals surface area contributed by atoms with Crippen molar-refractivity contribution in [1.29, 1.82) is 0 Å². The van der Waals surface area contributed by atoms with E-state index in [1.807, 2.05) is 27.7 Å². The van der Waals surface area contributed by atoms with E-state index in [0.717, 1.165) is 29.8 Å². The quantitative estimate of drug-likeness (QED) is 0.664. The van der Waals surface area contributed by atoms with Gasteiger partial charge >= 0.3 is 6.09 Å². The van der Waals surface area contributed by atoms with E-state index in [0.29, 0.717) is 51.3 Å². The van der Waals surface area contributed by atoms with E-state index >= 15 is 0 Å². The summed E-state index contributed by atoms with van der Waals surface area (Å²) < 4.78 is 24.8. The third-order valence-electron chi connectivity index (χ3n) is 6.81. The normalized spacial score (nSPS) is 20.0. The Balaban J connectivity index is 1.34. The predicted octanol–water partition coefficient (Wildman–Crippen LogP) is 3.51. The molecule has 0 N–H and O–H groups in total. The van der Waals surface area contributed by atoms with Gasteiger partial charge in [0, 0.05) is 42.7 Å². The molecule has 0 bridgehead atoms. The molecule has 1 aromatic carbocycles. The highest BCUT2D eigenvalue weighted by Crippen LogP contribution is 2.37. The third kappa shape index (κ3) is 4.95. The van der Waals surface area contributed by atoms with E-state index in [9.17, 15) is 9.59 Å². The Labute approximate surface area is 205 Å². The molecule has 0 unspecified atom stereocenters. The summed E-state index contributed by atoms with van der Waals surface area (Å²) in [6, 6.07) is 8.05. The summed E-state index contributed by atoms with van der Waals surface area (Å²) in [4.78, 5) is 26.8. The fraction of sp³-hybridized carbons (Fsp3) is 0.556. The lowest BCUT2D eigenvalue weighted by Gasteiger charge is -2.40. The molecule has 1 amide bonds. The van der Waals surface area contributed by atoms with Gasteiger partial charge in [-0.15, -0.1) is 0 Å². The summed E-state index contributed by atoms with van der Waals surface area (Å²) in [5.41, 5.74) is 4.64. The minimum Gasteiger partial charge on any atom is -0.476 e. The number of carbonyl (C=O) groups is 1. The fourth-order valence-corrected chi connectivity index (χ4v) is 4.93. The number of benzene rings is 1. The van der Waals surface area contributed by atoms with Crippen LogP contribution in [0.2, 0.25) is 0 Å². The number of aromatic nitrogens is 1. The highest BCUT2D eigenvalue weighted by atomic mass is 16.6. The number of nitrogens with zero attached hydrogens (tertiary/aromatic N) is 2. The SMILES string of the molecule is Cc1c2n(c(OC[C@@H]3COCCO3)cc1=O)CCc1cc(C3CN(C(=O)OC(C)(C)C)C3)ccc1-2. The number of hydrogen-bond acceptors (Lipinski definition) is 6. The number of hydrogen-bond donors (Lipinski definition) is 0. The van der Waals surface area contributed by atoms with E-state index in [1.54, 1.807) is 11.0 Å². The summed E-state index contributed by atoms with van der Waals surface area (Å²) >= 11 is 0. The van der Waals surface area contributed by atoms with Gasteiger partial charge in [0.05, 0.1) is 25.5 Å².